The van der Waals surface area contributed by atoms with Crippen molar-refractivity contribution in [2.75, 3.05) is 60.1 Å². The van der Waals surface area contributed by atoms with Gasteiger partial charge in [-0.25, -0.2) is 8.42 Å². The number of ether oxygens (including phenoxy) is 2. The molecule has 29 heavy (non-hydrogen) atoms. The highest BCUT2D eigenvalue weighted by molar-refractivity contribution is 7.89. The summed E-state index contributed by atoms with van der Waals surface area (Å²) in [4.78, 5) is 14.6. The highest BCUT2D eigenvalue weighted by Crippen LogP contribution is 2.29. The predicted octanol–water partition coefficient (Wildman–Crippen LogP) is 1.28. The van der Waals surface area contributed by atoms with Gasteiger partial charge in [0.15, 0.2) is 0 Å². The average molecular weight is 428 g/mol. The third kappa shape index (κ3) is 6.67. The van der Waals surface area contributed by atoms with E-state index in [9.17, 15) is 13.2 Å². The second kappa shape index (κ2) is 10.9. The summed E-state index contributed by atoms with van der Waals surface area (Å²) < 4.78 is 37.6. The number of hydrogen-bond acceptors (Lipinski definition) is 6. The van der Waals surface area contributed by atoms with E-state index in [1.54, 1.807) is 12.1 Å². The molecule has 1 aliphatic rings. The van der Waals surface area contributed by atoms with Gasteiger partial charge >= 0.3 is 0 Å². The number of rotatable bonds is 10. The highest BCUT2D eigenvalue weighted by atomic mass is 32.2. The summed E-state index contributed by atoms with van der Waals surface area (Å²) in [6.45, 7) is 8.45. The van der Waals surface area contributed by atoms with Crippen LogP contribution in [0, 0.1) is 0 Å². The van der Waals surface area contributed by atoms with E-state index >= 15 is 0 Å². The maximum atomic E-state index is 13.0. The number of carbonyl (C=O) groups is 1. The number of morpholine rings is 1. The fourth-order valence-electron chi connectivity index (χ4n) is 3.12. The topological polar surface area (TPSA) is 88.2 Å². The Morgan fingerprint density at radius 1 is 1.31 bits per heavy atom. The van der Waals surface area contributed by atoms with Crippen molar-refractivity contribution in [3.8, 4) is 5.75 Å². The zero-order valence-electron chi connectivity index (χ0n) is 17.8. The molecule has 1 amide bonds. The standard InChI is InChI=1S/C20H33N3O5S/c1-16(2)17-6-7-18(27-4)19(14-17)29(25,26)22(3)15-20(24)21-8-5-9-23-10-12-28-13-11-23/h6-7,14,16H,5,8-13,15H2,1-4H3,(H,21,24). The van der Waals surface area contributed by atoms with E-state index in [4.69, 9.17) is 9.47 Å². The largest absolute Gasteiger partial charge is 0.495 e. The minimum absolute atomic E-state index is 0.0776. The summed E-state index contributed by atoms with van der Waals surface area (Å²) in [6, 6.07) is 5.13. The highest BCUT2D eigenvalue weighted by Gasteiger charge is 2.27. The summed E-state index contributed by atoms with van der Waals surface area (Å²) in [6.07, 6.45) is 0.812. The quantitative estimate of drug-likeness (QED) is 0.566. The zero-order chi connectivity index (χ0) is 21.4. The van der Waals surface area contributed by atoms with Gasteiger partial charge in [0.1, 0.15) is 10.6 Å². The molecule has 1 N–H and O–H groups in total. The van der Waals surface area contributed by atoms with Crippen LogP contribution in [0.3, 0.4) is 0 Å². The predicted molar refractivity (Wildman–Crippen MR) is 112 cm³/mol. The maximum Gasteiger partial charge on any atom is 0.246 e. The molecule has 0 unspecified atom stereocenters. The van der Waals surface area contributed by atoms with Crippen molar-refractivity contribution in [3.63, 3.8) is 0 Å². The van der Waals surface area contributed by atoms with Crippen LogP contribution in [0.4, 0.5) is 0 Å². The van der Waals surface area contributed by atoms with Gasteiger partial charge in [0, 0.05) is 26.7 Å². The third-order valence-corrected chi connectivity index (χ3v) is 6.81. The molecular weight excluding hydrogens is 394 g/mol. The normalized spacial score (nSPS) is 15.7. The molecule has 1 heterocycles. The molecule has 1 aromatic carbocycles. The van der Waals surface area contributed by atoms with Crippen LogP contribution in [0.25, 0.3) is 0 Å². The van der Waals surface area contributed by atoms with Gasteiger partial charge in [-0.15, -0.1) is 0 Å². The first-order chi connectivity index (χ1) is 13.8. The van der Waals surface area contributed by atoms with Crippen molar-refractivity contribution in [2.24, 2.45) is 0 Å². The molecule has 2 rings (SSSR count). The smallest absolute Gasteiger partial charge is 0.246 e. The number of methoxy groups -OCH3 is 1. The number of likely N-dealkylation sites (N-methyl/N-ethyl adjacent to an activating group) is 1. The first-order valence-corrected chi connectivity index (χ1v) is 11.4. The number of hydrogen-bond donors (Lipinski definition) is 1. The number of benzene rings is 1. The summed E-state index contributed by atoms with van der Waals surface area (Å²) >= 11 is 0. The second-order valence-corrected chi connectivity index (χ2v) is 9.50. The fourth-order valence-corrected chi connectivity index (χ4v) is 4.43. The van der Waals surface area contributed by atoms with Gasteiger partial charge in [0.25, 0.3) is 0 Å². The Morgan fingerprint density at radius 2 is 2.00 bits per heavy atom. The monoisotopic (exact) mass is 427 g/mol. The molecule has 9 heteroatoms. The molecule has 0 bridgehead atoms. The molecule has 1 fully saturated rings. The SMILES string of the molecule is COc1ccc(C(C)C)cc1S(=O)(=O)N(C)CC(=O)NCCCN1CCOCC1. The Kier molecular flexibility index (Phi) is 8.88. The number of carbonyl (C=O) groups excluding carboxylic acids is 1. The second-order valence-electron chi connectivity index (χ2n) is 7.48. The van der Waals surface area contributed by atoms with Crippen LogP contribution in [0.1, 0.15) is 31.7 Å². The molecule has 1 saturated heterocycles. The van der Waals surface area contributed by atoms with E-state index in [1.165, 1.54) is 14.2 Å². The van der Waals surface area contributed by atoms with Gasteiger partial charge in [-0.3, -0.25) is 9.69 Å². The minimum Gasteiger partial charge on any atom is -0.495 e. The van der Waals surface area contributed by atoms with Crippen molar-refractivity contribution in [1.29, 1.82) is 0 Å². The van der Waals surface area contributed by atoms with Crippen LogP contribution in [0.2, 0.25) is 0 Å². The van der Waals surface area contributed by atoms with Crippen molar-refractivity contribution >= 4 is 15.9 Å². The molecule has 0 saturated carbocycles. The van der Waals surface area contributed by atoms with E-state index in [1.807, 2.05) is 19.9 Å². The third-order valence-electron chi connectivity index (χ3n) is 4.99. The fraction of sp³-hybridized carbons (Fsp3) is 0.650. The van der Waals surface area contributed by atoms with Gasteiger partial charge in [-0.1, -0.05) is 19.9 Å². The van der Waals surface area contributed by atoms with Crippen molar-refractivity contribution in [3.05, 3.63) is 23.8 Å². The molecule has 0 spiro atoms. The molecule has 1 aliphatic heterocycles. The van der Waals surface area contributed by atoms with Crippen LogP contribution >= 0.6 is 0 Å². The van der Waals surface area contributed by atoms with Gasteiger partial charge < -0.3 is 14.8 Å². The lowest BCUT2D eigenvalue weighted by molar-refractivity contribution is -0.121. The molecule has 164 valence electrons. The Labute approximate surface area is 174 Å². The van der Waals surface area contributed by atoms with Gasteiger partial charge in [-0.05, 0) is 36.6 Å². The molecule has 0 aliphatic carbocycles. The van der Waals surface area contributed by atoms with Crippen molar-refractivity contribution < 1.29 is 22.7 Å². The van der Waals surface area contributed by atoms with E-state index in [0.29, 0.717) is 6.54 Å². The van der Waals surface area contributed by atoms with Gasteiger partial charge in [-0.2, -0.15) is 4.31 Å². The van der Waals surface area contributed by atoms with Gasteiger partial charge in [0.2, 0.25) is 15.9 Å². The summed E-state index contributed by atoms with van der Waals surface area (Å²) in [7, 11) is -1.01. The lowest BCUT2D eigenvalue weighted by Crippen LogP contribution is -2.40. The Morgan fingerprint density at radius 3 is 2.62 bits per heavy atom. The Balaban J connectivity index is 1.92. The zero-order valence-corrected chi connectivity index (χ0v) is 18.6. The first-order valence-electron chi connectivity index (χ1n) is 9.96. The van der Waals surface area contributed by atoms with Crippen LogP contribution in [-0.2, 0) is 19.6 Å². The maximum absolute atomic E-state index is 13.0. The minimum atomic E-state index is -3.86. The summed E-state index contributed by atoms with van der Waals surface area (Å²) in [5.41, 5.74) is 0.894. The van der Waals surface area contributed by atoms with E-state index in [2.05, 4.69) is 10.2 Å². The average Bonchev–Trinajstić information content (AvgIpc) is 2.71. The van der Waals surface area contributed by atoms with Crippen molar-refractivity contribution in [2.45, 2.75) is 31.1 Å². The van der Waals surface area contributed by atoms with Crippen LogP contribution in [-0.4, -0.2) is 83.6 Å². The molecule has 0 radical (unpaired) electrons. The number of amides is 1. The molecule has 0 atom stereocenters. The Bertz CT molecular complexity index is 776. The summed E-state index contributed by atoms with van der Waals surface area (Å²) in [5.74, 6) is 0.124. The number of nitrogens with zero attached hydrogens (tertiary/aromatic N) is 2. The molecular formula is C20H33N3O5S. The van der Waals surface area contributed by atoms with E-state index < -0.39 is 10.0 Å². The van der Waals surface area contributed by atoms with Gasteiger partial charge in [0.05, 0.1) is 26.9 Å². The van der Waals surface area contributed by atoms with Crippen molar-refractivity contribution in [1.82, 2.24) is 14.5 Å². The molecule has 0 aromatic heterocycles. The first kappa shape index (κ1) is 23.6. The van der Waals surface area contributed by atoms with Crippen LogP contribution in [0.15, 0.2) is 23.1 Å². The number of sulfonamides is 1. The van der Waals surface area contributed by atoms with E-state index in [0.717, 1.165) is 49.1 Å². The lowest BCUT2D eigenvalue weighted by atomic mass is 10.0. The number of nitrogens with one attached hydrogen (secondary N) is 1. The Hall–Kier alpha value is -1.68. The summed E-state index contributed by atoms with van der Waals surface area (Å²) in [5, 5.41) is 2.80. The molecule has 8 nitrogen and oxygen atoms in total. The van der Waals surface area contributed by atoms with E-state index in [-0.39, 0.29) is 29.0 Å². The van der Waals surface area contributed by atoms with Crippen LogP contribution in [0.5, 0.6) is 5.75 Å². The molecule has 1 aromatic rings. The lowest BCUT2D eigenvalue weighted by Gasteiger charge is -2.26. The van der Waals surface area contributed by atoms with Crippen LogP contribution < -0.4 is 10.1 Å².